The van der Waals surface area contributed by atoms with Crippen LogP contribution >= 0.6 is 0 Å². The summed E-state index contributed by atoms with van der Waals surface area (Å²) in [6.45, 7) is 2.41. The van der Waals surface area contributed by atoms with Crippen molar-refractivity contribution in [3.8, 4) is 17.2 Å². The van der Waals surface area contributed by atoms with Gasteiger partial charge in [-0.1, -0.05) is 0 Å². The van der Waals surface area contributed by atoms with Gasteiger partial charge in [-0.3, -0.25) is 0 Å². The number of benzene rings is 1. The molecule has 5 heteroatoms. The Hall–Kier alpha value is -1.46. The van der Waals surface area contributed by atoms with Crippen LogP contribution in [0.5, 0.6) is 17.2 Å². The molecule has 1 saturated heterocycles. The van der Waals surface area contributed by atoms with Gasteiger partial charge in [-0.2, -0.15) is 0 Å². The lowest BCUT2D eigenvalue weighted by Crippen LogP contribution is -2.36. The molecule has 0 spiro atoms. The van der Waals surface area contributed by atoms with E-state index in [0.29, 0.717) is 23.3 Å². The molecule has 5 nitrogen and oxygen atoms in total. The first kappa shape index (κ1) is 14.9. The quantitative estimate of drug-likeness (QED) is 0.864. The molecule has 1 aliphatic rings. The van der Waals surface area contributed by atoms with Crippen molar-refractivity contribution in [2.45, 2.75) is 25.4 Å². The minimum absolute atomic E-state index is 0.419. The molecule has 1 aromatic rings. The summed E-state index contributed by atoms with van der Waals surface area (Å²) in [6, 6.07) is 4.36. The molecule has 0 radical (unpaired) electrons. The average molecular weight is 281 g/mol. The minimum Gasteiger partial charge on any atom is -0.493 e. The van der Waals surface area contributed by atoms with Crippen LogP contribution in [0.4, 0.5) is 0 Å². The summed E-state index contributed by atoms with van der Waals surface area (Å²) in [5.41, 5.74) is 1.10. The first-order chi connectivity index (χ1) is 9.78. The fourth-order valence-corrected chi connectivity index (χ4v) is 2.40. The second kappa shape index (κ2) is 7.36. The molecule has 112 valence electrons. The summed E-state index contributed by atoms with van der Waals surface area (Å²) in [5.74, 6) is 1.99. The second-order valence-corrected chi connectivity index (χ2v) is 4.83. The molecule has 1 atom stereocenters. The van der Waals surface area contributed by atoms with E-state index < -0.39 is 0 Å². The van der Waals surface area contributed by atoms with Crippen molar-refractivity contribution in [1.29, 1.82) is 0 Å². The smallest absolute Gasteiger partial charge is 0.203 e. The SMILES string of the molecule is COc1cc(CNC2CCCOC2)cc(OC)c1OC. The van der Waals surface area contributed by atoms with E-state index in [1.165, 1.54) is 0 Å². The van der Waals surface area contributed by atoms with E-state index >= 15 is 0 Å². The van der Waals surface area contributed by atoms with E-state index in [4.69, 9.17) is 18.9 Å². The maximum absolute atomic E-state index is 5.46. The maximum atomic E-state index is 5.46. The Morgan fingerprint density at radius 1 is 1.15 bits per heavy atom. The highest BCUT2D eigenvalue weighted by Gasteiger charge is 2.16. The van der Waals surface area contributed by atoms with Crippen molar-refractivity contribution < 1.29 is 18.9 Å². The maximum Gasteiger partial charge on any atom is 0.203 e. The molecule has 2 rings (SSSR count). The van der Waals surface area contributed by atoms with Gasteiger partial charge in [0.15, 0.2) is 11.5 Å². The Labute approximate surface area is 120 Å². The van der Waals surface area contributed by atoms with Crippen LogP contribution in [0.3, 0.4) is 0 Å². The lowest BCUT2D eigenvalue weighted by Gasteiger charge is -2.23. The van der Waals surface area contributed by atoms with E-state index in [0.717, 1.165) is 38.2 Å². The van der Waals surface area contributed by atoms with Gasteiger partial charge in [-0.15, -0.1) is 0 Å². The lowest BCUT2D eigenvalue weighted by atomic mass is 10.1. The van der Waals surface area contributed by atoms with Crippen LogP contribution in [0.25, 0.3) is 0 Å². The van der Waals surface area contributed by atoms with Crippen LogP contribution in [-0.4, -0.2) is 40.6 Å². The van der Waals surface area contributed by atoms with Gasteiger partial charge in [0.1, 0.15) is 0 Å². The highest BCUT2D eigenvalue weighted by atomic mass is 16.5. The van der Waals surface area contributed by atoms with Gasteiger partial charge >= 0.3 is 0 Å². The first-order valence-corrected chi connectivity index (χ1v) is 6.88. The van der Waals surface area contributed by atoms with Gasteiger partial charge in [0.05, 0.1) is 27.9 Å². The number of hydrogen-bond donors (Lipinski definition) is 1. The molecule has 0 amide bonds. The lowest BCUT2D eigenvalue weighted by molar-refractivity contribution is 0.0699. The number of methoxy groups -OCH3 is 3. The summed E-state index contributed by atoms with van der Waals surface area (Å²) < 4.78 is 21.5. The monoisotopic (exact) mass is 281 g/mol. The largest absolute Gasteiger partial charge is 0.493 e. The van der Waals surface area contributed by atoms with Gasteiger partial charge < -0.3 is 24.3 Å². The molecule has 0 saturated carbocycles. The highest BCUT2D eigenvalue weighted by Crippen LogP contribution is 2.38. The third-order valence-corrected chi connectivity index (χ3v) is 3.48. The summed E-state index contributed by atoms with van der Waals surface area (Å²) in [6.07, 6.45) is 2.28. The van der Waals surface area contributed by atoms with Crippen molar-refractivity contribution >= 4 is 0 Å². The summed E-state index contributed by atoms with van der Waals surface area (Å²) in [4.78, 5) is 0. The zero-order valence-electron chi connectivity index (χ0n) is 12.4. The fraction of sp³-hybridized carbons (Fsp3) is 0.600. The standard InChI is InChI=1S/C15H23NO4/c1-17-13-7-11(8-14(18-2)15(13)19-3)9-16-12-5-4-6-20-10-12/h7-8,12,16H,4-6,9-10H2,1-3H3. The van der Waals surface area contributed by atoms with Crippen LogP contribution in [-0.2, 0) is 11.3 Å². The third kappa shape index (κ3) is 3.55. The summed E-state index contributed by atoms with van der Waals surface area (Å²) >= 11 is 0. The predicted molar refractivity (Wildman–Crippen MR) is 76.8 cm³/mol. The van der Waals surface area contributed by atoms with Gasteiger partial charge in [-0.05, 0) is 30.5 Å². The molecule has 20 heavy (non-hydrogen) atoms. The van der Waals surface area contributed by atoms with Gasteiger partial charge in [0, 0.05) is 19.2 Å². The molecule has 1 aliphatic heterocycles. The molecule has 1 fully saturated rings. The Balaban J connectivity index is 2.06. The van der Waals surface area contributed by atoms with Crippen LogP contribution < -0.4 is 19.5 Å². The Kier molecular flexibility index (Phi) is 5.49. The number of nitrogens with one attached hydrogen (secondary N) is 1. The van der Waals surface area contributed by atoms with Crippen molar-refractivity contribution in [3.05, 3.63) is 17.7 Å². The Morgan fingerprint density at radius 2 is 1.85 bits per heavy atom. The van der Waals surface area contributed by atoms with Crippen molar-refractivity contribution in [1.82, 2.24) is 5.32 Å². The summed E-state index contributed by atoms with van der Waals surface area (Å²) in [5, 5.41) is 3.50. The molecule has 0 bridgehead atoms. The molecular weight excluding hydrogens is 258 g/mol. The molecule has 0 aromatic heterocycles. The zero-order valence-corrected chi connectivity index (χ0v) is 12.4. The minimum atomic E-state index is 0.419. The zero-order chi connectivity index (χ0) is 14.4. The van der Waals surface area contributed by atoms with E-state index in [1.54, 1.807) is 21.3 Å². The topological polar surface area (TPSA) is 49.0 Å². The van der Waals surface area contributed by atoms with Crippen LogP contribution in [0.1, 0.15) is 18.4 Å². The molecule has 1 aromatic carbocycles. The number of ether oxygens (including phenoxy) is 4. The fourth-order valence-electron chi connectivity index (χ4n) is 2.40. The van der Waals surface area contributed by atoms with Gasteiger partial charge in [0.25, 0.3) is 0 Å². The van der Waals surface area contributed by atoms with Crippen molar-refractivity contribution in [2.75, 3.05) is 34.5 Å². The first-order valence-electron chi connectivity index (χ1n) is 6.88. The third-order valence-electron chi connectivity index (χ3n) is 3.48. The van der Waals surface area contributed by atoms with Crippen LogP contribution in [0, 0.1) is 0 Å². The predicted octanol–water partition coefficient (Wildman–Crippen LogP) is 1.98. The van der Waals surface area contributed by atoms with E-state index in [9.17, 15) is 0 Å². The van der Waals surface area contributed by atoms with E-state index in [2.05, 4.69) is 5.32 Å². The molecule has 0 aliphatic carbocycles. The number of hydrogen-bond acceptors (Lipinski definition) is 5. The average Bonchev–Trinajstić information content (AvgIpc) is 2.52. The normalized spacial score (nSPS) is 18.6. The van der Waals surface area contributed by atoms with Gasteiger partial charge in [0.2, 0.25) is 5.75 Å². The van der Waals surface area contributed by atoms with Crippen molar-refractivity contribution in [2.24, 2.45) is 0 Å². The molecule has 1 heterocycles. The molecular formula is C15H23NO4. The summed E-state index contributed by atoms with van der Waals surface area (Å²) in [7, 11) is 4.87. The number of rotatable bonds is 6. The molecule has 1 unspecified atom stereocenters. The van der Waals surface area contributed by atoms with Gasteiger partial charge in [-0.25, -0.2) is 0 Å². The second-order valence-electron chi connectivity index (χ2n) is 4.83. The van der Waals surface area contributed by atoms with E-state index in [-0.39, 0.29) is 0 Å². The Morgan fingerprint density at radius 3 is 2.35 bits per heavy atom. The molecule has 1 N–H and O–H groups in total. The highest BCUT2D eigenvalue weighted by molar-refractivity contribution is 5.53. The van der Waals surface area contributed by atoms with Crippen molar-refractivity contribution in [3.63, 3.8) is 0 Å². The Bertz CT molecular complexity index is 405. The van der Waals surface area contributed by atoms with E-state index in [1.807, 2.05) is 12.1 Å². The van der Waals surface area contributed by atoms with Crippen LogP contribution in [0.15, 0.2) is 12.1 Å². The van der Waals surface area contributed by atoms with Crippen LogP contribution in [0.2, 0.25) is 0 Å².